The van der Waals surface area contributed by atoms with Gasteiger partial charge in [0.15, 0.2) is 0 Å². The molecule has 0 saturated heterocycles. The third-order valence-electron chi connectivity index (χ3n) is 3.16. The van der Waals surface area contributed by atoms with Gasteiger partial charge in [-0.1, -0.05) is 11.6 Å². The van der Waals surface area contributed by atoms with Gasteiger partial charge < -0.3 is 9.53 Å². The van der Waals surface area contributed by atoms with E-state index >= 15 is 0 Å². The van der Waals surface area contributed by atoms with Crippen molar-refractivity contribution >= 4 is 28.3 Å². The molecule has 0 amide bonds. The van der Waals surface area contributed by atoms with Crippen molar-refractivity contribution in [1.29, 1.82) is 0 Å². The van der Waals surface area contributed by atoms with E-state index in [2.05, 4.69) is 4.98 Å². The van der Waals surface area contributed by atoms with Gasteiger partial charge in [-0.25, -0.2) is 0 Å². The number of hydrogen-bond acceptors (Lipinski definition) is 3. The minimum Gasteiger partial charge on any atom is -0.497 e. The van der Waals surface area contributed by atoms with Crippen LogP contribution in [-0.4, -0.2) is 17.9 Å². The molecule has 0 radical (unpaired) electrons. The summed E-state index contributed by atoms with van der Waals surface area (Å²) in [5.74, 6) is 0.902. The molecule has 0 aliphatic carbocycles. The summed E-state index contributed by atoms with van der Waals surface area (Å²) in [5, 5.41) is 1.54. The second-order valence-electron chi connectivity index (χ2n) is 4.57. The fourth-order valence-corrected chi connectivity index (χ4v) is 2.46. The zero-order chi connectivity index (χ0) is 14.0. The minimum atomic E-state index is 0.154. The Morgan fingerprint density at radius 1 is 1.42 bits per heavy atom. The molecule has 1 heterocycles. The van der Waals surface area contributed by atoms with Crippen molar-refractivity contribution in [1.82, 2.24) is 4.98 Å². The summed E-state index contributed by atoms with van der Waals surface area (Å²) >= 11 is 6.45. The van der Waals surface area contributed by atoms with Gasteiger partial charge in [-0.2, -0.15) is 0 Å². The molecule has 2 aromatic rings. The Bertz CT molecular complexity index is 638. The Morgan fingerprint density at radius 3 is 2.79 bits per heavy atom. The molecule has 0 N–H and O–H groups in total. The Labute approximate surface area is 117 Å². The quantitative estimate of drug-likeness (QED) is 0.855. The lowest BCUT2D eigenvalue weighted by atomic mass is 10.0. The number of fused-ring (bicyclic) bond motifs is 1. The average molecular weight is 278 g/mol. The number of halogens is 1. The van der Waals surface area contributed by atoms with Crippen molar-refractivity contribution in [3.05, 3.63) is 34.5 Å². The second-order valence-corrected chi connectivity index (χ2v) is 4.95. The highest BCUT2D eigenvalue weighted by Crippen LogP contribution is 2.31. The number of benzene rings is 1. The molecule has 3 nitrogen and oxygen atoms in total. The number of ether oxygens (including phenoxy) is 1. The summed E-state index contributed by atoms with van der Waals surface area (Å²) in [4.78, 5) is 15.7. The highest BCUT2D eigenvalue weighted by atomic mass is 35.5. The van der Waals surface area contributed by atoms with Crippen molar-refractivity contribution in [2.75, 3.05) is 7.11 Å². The predicted molar refractivity (Wildman–Crippen MR) is 77.0 cm³/mol. The molecule has 19 heavy (non-hydrogen) atoms. The Hall–Kier alpha value is -1.61. The highest BCUT2D eigenvalue weighted by Gasteiger charge is 2.12. The van der Waals surface area contributed by atoms with Crippen molar-refractivity contribution < 1.29 is 9.53 Å². The van der Waals surface area contributed by atoms with Crippen molar-refractivity contribution in [2.24, 2.45) is 0 Å². The van der Waals surface area contributed by atoms with Gasteiger partial charge in [-0.15, -0.1) is 0 Å². The number of ketones is 1. The molecule has 2 rings (SSSR count). The van der Waals surface area contributed by atoms with E-state index in [1.165, 1.54) is 0 Å². The summed E-state index contributed by atoms with van der Waals surface area (Å²) in [6.07, 6.45) is 1.11. The van der Waals surface area contributed by atoms with Gasteiger partial charge in [0.25, 0.3) is 0 Å². The highest BCUT2D eigenvalue weighted by molar-refractivity contribution is 6.36. The maximum Gasteiger partial charge on any atom is 0.130 e. The number of hydrogen-bond donors (Lipinski definition) is 0. The third-order valence-corrected chi connectivity index (χ3v) is 3.59. The summed E-state index contributed by atoms with van der Waals surface area (Å²) in [6.45, 7) is 3.51. The molecule has 1 aromatic heterocycles. The summed E-state index contributed by atoms with van der Waals surface area (Å²) in [5.41, 5.74) is 2.66. The Balaban J connectivity index is 2.54. The fourth-order valence-electron chi connectivity index (χ4n) is 2.08. The standard InChI is InChI=1S/C15H16ClNO2/c1-9(18)4-6-12-10(2)17-14-7-5-11(19-3)8-13(14)15(12)16/h5,7-8H,4,6H2,1-3H3. The molecule has 0 atom stereocenters. The molecule has 0 unspecified atom stereocenters. The van der Waals surface area contributed by atoms with Gasteiger partial charge in [0.05, 0.1) is 17.6 Å². The van der Waals surface area contributed by atoms with E-state index in [1.807, 2.05) is 25.1 Å². The van der Waals surface area contributed by atoms with Crippen LogP contribution in [0, 0.1) is 6.92 Å². The van der Waals surface area contributed by atoms with Crippen LogP contribution in [0.3, 0.4) is 0 Å². The zero-order valence-electron chi connectivity index (χ0n) is 11.3. The van der Waals surface area contributed by atoms with Crippen LogP contribution in [0.1, 0.15) is 24.6 Å². The molecular formula is C15H16ClNO2. The molecule has 0 aliphatic heterocycles. The van der Waals surface area contributed by atoms with Crippen LogP contribution in [-0.2, 0) is 11.2 Å². The maximum absolute atomic E-state index is 11.1. The van der Waals surface area contributed by atoms with E-state index in [0.717, 1.165) is 27.9 Å². The molecule has 100 valence electrons. The van der Waals surface area contributed by atoms with Crippen LogP contribution >= 0.6 is 11.6 Å². The van der Waals surface area contributed by atoms with Gasteiger partial charge in [-0.05, 0) is 44.0 Å². The fraction of sp³-hybridized carbons (Fsp3) is 0.333. The van der Waals surface area contributed by atoms with Gasteiger partial charge in [-0.3, -0.25) is 4.98 Å². The Morgan fingerprint density at radius 2 is 2.16 bits per heavy atom. The molecule has 4 heteroatoms. The van der Waals surface area contributed by atoms with Gasteiger partial charge in [0.2, 0.25) is 0 Å². The number of pyridine rings is 1. The predicted octanol–water partition coefficient (Wildman–Crippen LogP) is 3.73. The van der Waals surface area contributed by atoms with Crippen LogP contribution < -0.4 is 4.74 Å². The smallest absolute Gasteiger partial charge is 0.130 e. The first-order valence-electron chi connectivity index (χ1n) is 6.15. The topological polar surface area (TPSA) is 39.2 Å². The van der Waals surface area contributed by atoms with Crippen LogP contribution in [0.2, 0.25) is 5.02 Å². The normalized spacial score (nSPS) is 10.7. The van der Waals surface area contributed by atoms with Crippen molar-refractivity contribution in [3.63, 3.8) is 0 Å². The number of aryl methyl sites for hydroxylation is 1. The third kappa shape index (κ3) is 2.87. The number of carbonyl (C=O) groups excluding carboxylic acids is 1. The molecule has 0 aliphatic rings. The number of rotatable bonds is 4. The number of Topliss-reactive ketones (excluding diaryl/α,β-unsaturated/α-hetero) is 1. The Kier molecular flexibility index (Phi) is 4.05. The molecular weight excluding hydrogens is 262 g/mol. The SMILES string of the molecule is COc1ccc2nc(C)c(CCC(C)=O)c(Cl)c2c1. The van der Waals surface area contributed by atoms with E-state index in [9.17, 15) is 4.79 Å². The van der Waals surface area contributed by atoms with E-state index < -0.39 is 0 Å². The molecule has 0 bridgehead atoms. The maximum atomic E-state index is 11.1. The lowest BCUT2D eigenvalue weighted by Crippen LogP contribution is -2.00. The molecule has 0 spiro atoms. The van der Waals surface area contributed by atoms with E-state index in [-0.39, 0.29) is 5.78 Å². The number of nitrogens with zero attached hydrogens (tertiary/aromatic N) is 1. The second kappa shape index (κ2) is 5.57. The number of aromatic nitrogens is 1. The van der Waals surface area contributed by atoms with Crippen LogP contribution in [0.4, 0.5) is 0 Å². The zero-order valence-corrected chi connectivity index (χ0v) is 12.0. The van der Waals surface area contributed by atoms with E-state index in [1.54, 1.807) is 14.0 Å². The van der Waals surface area contributed by atoms with Crippen LogP contribution in [0.5, 0.6) is 5.75 Å². The summed E-state index contributed by atoms with van der Waals surface area (Å²) in [6, 6.07) is 5.63. The number of methoxy groups -OCH3 is 1. The van der Waals surface area contributed by atoms with Crippen LogP contribution in [0.25, 0.3) is 10.9 Å². The van der Waals surface area contributed by atoms with E-state index in [0.29, 0.717) is 17.9 Å². The van der Waals surface area contributed by atoms with Gasteiger partial charge >= 0.3 is 0 Å². The first-order chi connectivity index (χ1) is 9.02. The van der Waals surface area contributed by atoms with Gasteiger partial charge in [0.1, 0.15) is 11.5 Å². The van der Waals surface area contributed by atoms with Crippen LogP contribution in [0.15, 0.2) is 18.2 Å². The minimum absolute atomic E-state index is 0.154. The average Bonchev–Trinajstić information content (AvgIpc) is 2.38. The first-order valence-corrected chi connectivity index (χ1v) is 6.53. The summed E-state index contributed by atoms with van der Waals surface area (Å²) < 4.78 is 5.21. The molecule has 0 saturated carbocycles. The lowest BCUT2D eigenvalue weighted by molar-refractivity contribution is -0.116. The lowest BCUT2D eigenvalue weighted by Gasteiger charge is -2.11. The summed E-state index contributed by atoms with van der Waals surface area (Å²) in [7, 11) is 1.62. The first kappa shape index (κ1) is 13.8. The monoisotopic (exact) mass is 277 g/mol. The van der Waals surface area contributed by atoms with Crippen molar-refractivity contribution in [3.8, 4) is 5.75 Å². The van der Waals surface area contributed by atoms with E-state index in [4.69, 9.17) is 16.3 Å². The largest absolute Gasteiger partial charge is 0.497 e. The molecule has 0 fully saturated rings. The van der Waals surface area contributed by atoms with Gasteiger partial charge in [0, 0.05) is 17.5 Å². The van der Waals surface area contributed by atoms with Crippen molar-refractivity contribution in [2.45, 2.75) is 26.7 Å². The number of carbonyl (C=O) groups is 1. The molecule has 1 aromatic carbocycles.